The van der Waals surface area contributed by atoms with Crippen LogP contribution in [0.3, 0.4) is 0 Å². The van der Waals surface area contributed by atoms with Crippen LogP contribution in [-0.2, 0) is 20.5 Å². The summed E-state index contributed by atoms with van der Waals surface area (Å²) in [5, 5.41) is 2.55. The number of benzene rings is 1. The first kappa shape index (κ1) is 16.8. The fraction of sp³-hybridized carbons (Fsp3) is 0.500. The van der Waals surface area contributed by atoms with Crippen LogP contribution >= 0.6 is 0 Å². The quantitative estimate of drug-likeness (QED) is 0.891. The maximum Gasteiger partial charge on any atom is 0.416 e. The Kier molecular flexibility index (Phi) is 4.49. The monoisotopic (exact) mass is 342 g/mol. The number of piperazine rings is 1. The fourth-order valence-electron chi connectivity index (χ4n) is 3.17. The lowest BCUT2D eigenvalue weighted by atomic mass is 9.95. The average molecular weight is 342 g/mol. The van der Waals surface area contributed by atoms with Crippen molar-refractivity contribution in [2.24, 2.45) is 5.92 Å². The number of carbonyl (C=O) groups excluding carboxylic acids is 2. The molecule has 2 amide bonds. The normalized spacial score (nSPS) is 24.8. The van der Waals surface area contributed by atoms with Crippen molar-refractivity contribution in [3.05, 3.63) is 35.4 Å². The third-order valence-electron chi connectivity index (χ3n) is 4.33. The average Bonchev–Trinajstić information content (AvgIpc) is 3.07. The first-order chi connectivity index (χ1) is 11.4. The number of carbonyl (C=O) groups is 2. The largest absolute Gasteiger partial charge is 0.416 e. The molecule has 2 aliphatic rings. The van der Waals surface area contributed by atoms with Gasteiger partial charge in [-0.15, -0.1) is 0 Å². The van der Waals surface area contributed by atoms with Gasteiger partial charge in [-0.25, -0.2) is 0 Å². The molecule has 8 heteroatoms. The number of rotatable bonds is 2. The molecule has 3 rings (SSSR count). The number of nitrogens with zero attached hydrogens (tertiary/aromatic N) is 1. The van der Waals surface area contributed by atoms with Gasteiger partial charge in [0.15, 0.2) is 0 Å². The van der Waals surface area contributed by atoms with E-state index in [9.17, 15) is 22.8 Å². The topological polar surface area (TPSA) is 58.6 Å². The highest BCUT2D eigenvalue weighted by Crippen LogP contribution is 2.37. The Labute approximate surface area is 136 Å². The summed E-state index contributed by atoms with van der Waals surface area (Å²) in [6.45, 7) is 1.09. The van der Waals surface area contributed by atoms with Gasteiger partial charge in [0.2, 0.25) is 11.8 Å². The van der Waals surface area contributed by atoms with Gasteiger partial charge in [0, 0.05) is 19.7 Å². The molecule has 0 unspecified atom stereocenters. The Hall–Kier alpha value is -2.09. The van der Waals surface area contributed by atoms with E-state index >= 15 is 0 Å². The van der Waals surface area contributed by atoms with Gasteiger partial charge >= 0.3 is 6.18 Å². The zero-order valence-electron chi connectivity index (χ0n) is 12.8. The van der Waals surface area contributed by atoms with Crippen LogP contribution < -0.4 is 5.32 Å². The van der Waals surface area contributed by atoms with E-state index in [1.165, 1.54) is 23.1 Å². The van der Waals surface area contributed by atoms with E-state index in [-0.39, 0.29) is 31.2 Å². The number of ether oxygens (including phenoxy) is 1. The minimum absolute atomic E-state index is 0.179. The number of hydrogen-bond acceptors (Lipinski definition) is 3. The summed E-state index contributed by atoms with van der Waals surface area (Å²) in [6, 6.07) is 3.62. The molecule has 0 aromatic heterocycles. The second-order valence-electron chi connectivity index (χ2n) is 5.87. The summed E-state index contributed by atoms with van der Waals surface area (Å²) < 4.78 is 45.1. The van der Waals surface area contributed by atoms with Crippen molar-refractivity contribution >= 4 is 11.8 Å². The van der Waals surface area contributed by atoms with Crippen LogP contribution in [0.1, 0.15) is 23.6 Å². The number of alkyl halides is 3. The molecule has 0 radical (unpaired) electrons. The van der Waals surface area contributed by atoms with Gasteiger partial charge in [-0.3, -0.25) is 9.59 Å². The molecule has 0 bridgehead atoms. The minimum Gasteiger partial charge on any atom is -0.381 e. The van der Waals surface area contributed by atoms with Gasteiger partial charge in [-0.2, -0.15) is 13.2 Å². The maximum atomic E-state index is 13.3. The third kappa shape index (κ3) is 3.10. The van der Waals surface area contributed by atoms with Crippen molar-refractivity contribution < 1.29 is 27.5 Å². The maximum absolute atomic E-state index is 13.3. The Bertz CT molecular complexity index is 642. The number of nitrogens with one attached hydrogen (secondary N) is 1. The van der Waals surface area contributed by atoms with E-state index in [1.807, 2.05) is 0 Å². The van der Waals surface area contributed by atoms with Gasteiger partial charge in [0.1, 0.15) is 6.04 Å². The molecular weight excluding hydrogens is 325 g/mol. The molecule has 24 heavy (non-hydrogen) atoms. The molecule has 2 atom stereocenters. The number of halogens is 3. The van der Waals surface area contributed by atoms with Crippen LogP contribution in [0.5, 0.6) is 0 Å². The Balaban J connectivity index is 1.99. The molecule has 5 nitrogen and oxygen atoms in total. The highest BCUT2D eigenvalue weighted by Gasteiger charge is 2.43. The van der Waals surface area contributed by atoms with E-state index < -0.39 is 29.6 Å². The van der Waals surface area contributed by atoms with E-state index in [0.717, 1.165) is 6.07 Å². The van der Waals surface area contributed by atoms with Crippen LogP contribution in [-0.4, -0.2) is 43.0 Å². The molecule has 1 aromatic rings. The van der Waals surface area contributed by atoms with Crippen molar-refractivity contribution in [3.63, 3.8) is 0 Å². The standard InChI is InChI=1S/C16H17F3N2O3/c17-16(18,19)12-4-2-1-3-11(12)13-14(22)20-6-7-21(13)15(23)10-5-8-24-9-10/h1-4,10,13H,5-9H2,(H,20,22)/t10-,13-/m1/s1. The van der Waals surface area contributed by atoms with Gasteiger partial charge in [0.05, 0.1) is 18.1 Å². The van der Waals surface area contributed by atoms with Crippen molar-refractivity contribution in [2.75, 3.05) is 26.3 Å². The molecular formula is C16H17F3N2O3. The van der Waals surface area contributed by atoms with Gasteiger partial charge in [-0.1, -0.05) is 18.2 Å². The zero-order chi connectivity index (χ0) is 17.3. The lowest BCUT2D eigenvalue weighted by molar-refractivity contribution is -0.149. The van der Waals surface area contributed by atoms with Crippen LogP contribution in [0.2, 0.25) is 0 Å². The van der Waals surface area contributed by atoms with E-state index in [0.29, 0.717) is 13.0 Å². The predicted octanol–water partition coefficient (Wildman–Crippen LogP) is 1.74. The highest BCUT2D eigenvalue weighted by molar-refractivity contribution is 5.91. The Morgan fingerprint density at radius 3 is 2.71 bits per heavy atom. The molecule has 2 heterocycles. The van der Waals surface area contributed by atoms with Gasteiger partial charge in [-0.05, 0) is 18.1 Å². The summed E-state index contributed by atoms with van der Waals surface area (Å²) in [5.74, 6) is -1.33. The zero-order valence-corrected chi connectivity index (χ0v) is 12.8. The summed E-state index contributed by atoms with van der Waals surface area (Å²) in [7, 11) is 0. The fourth-order valence-corrected chi connectivity index (χ4v) is 3.17. The molecule has 2 fully saturated rings. The van der Waals surface area contributed by atoms with Crippen molar-refractivity contribution in [2.45, 2.75) is 18.6 Å². The van der Waals surface area contributed by atoms with Crippen LogP contribution in [0, 0.1) is 5.92 Å². The third-order valence-corrected chi connectivity index (χ3v) is 4.33. The Morgan fingerprint density at radius 1 is 1.29 bits per heavy atom. The first-order valence-corrected chi connectivity index (χ1v) is 7.71. The highest BCUT2D eigenvalue weighted by atomic mass is 19.4. The minimum atomic E-state index is -4.60. The lowest BCUT2D eigenvalue weighted by Crippen LogP contribution is -2.54. The first-order valence-electron chi connectivity index (χ1n) is 7.71. The summed E-state index contributed by atoms with van der Waals surface area (Å²) in [5.41, 5.74) is -1.10. The van der Waals surface area contributed by atoms with Gasteiger partial charge in [0.25, 0.3) is 0 Å². The second-order valence-corrected chi connectivity index (χ2v) is 5.87. The number of hydrogen-bond donors (Lipinski definition) is 1. The molecule has 0 spiro atoms. The van der Waals surface area contributed by atoms with Crippen LogP contribution in [0.15, 0.2) is 24.3 Å². The second kappa shape index (κ2) is 6.43. The van der Waals surface area contributed by atoms with E-state index in [2.05, 4.69) is 5.32 Å². The molecule has 130 valence electrons. The van der Waals surface area contributed by atoms with Crippen molar-refractivity contribution in [1.82, 2.24) is 10.2 Å². The predicted molar refractivity (Wildman–Crippen MR) is 77.8 cm³/mol. The molecule has 1 N–H and O–H groups in total. The molecule has 2 aliphatic heterocycles. The molecule has 0 saturated carbocycles. The SMILES string of the molecule is O=C1NCCN(C(=O)[C@@H]2CCOC2)[C@@H]1c1ccccc1C(F)(F)F. The van der Waals surface area contributed by atoms with Crippen molar-refractivity contribution in [3.8, 4) is 0 Å². The molecule has 1 aromatic carbocycles. The van der Waals surface area contributed by atoms with Gasteiger partial charge < -0.3 is 15.0 Å². The van der Waals surface area contributed by atoms with Crippen LogP contribution in [0.25, 0.3) is 0 Å². The smallest absolute Gasteiger partial charge is 0.381 e. The van der Waals surface area contributed by atoms with E-state index in [4.69, 9.17) is 4.74 Å². The molecule has 2 saturated heterocycles. The summed E-state index contributed by atoms with van der Waals surface area (Å²) in [4.78, 5) is 26.2. The van der Waals surface area contributed by atoms with Crippen molar-refractivity contribution in [1.29, 1.82) is 0 Å². The lowest BCUT2D eigenvalue weighted by Gasteiger charge is -2.37. The van der Waals surface area contributed by atoms with Crippen LogP contribution in [0.4, 0.5) is 13.2 Å². The summed E-state index contributed by atoms with van der Waals surface area (Å²) in [6.07, 6.45) is -4.08. The van der Waals surface area contributed by atoms with E-state index in [1.54, 1.807) is 0 Å². The summed E-state index contributed by atoms with van der Waals surface area (Å²) >= 11 is 0. The number of amides is 2. The Morgan fingerprint density at radius 2 is 2.04 bits per heavy atom. The molecule has 0 aliphatic carbocycles.